The van der Waals surface area contributed by atoms with Gasteiger partial charge in [-0.25, -0.2) is 4.57 Å². The van der Waals surface area contributed by atoms with Crippen molar-refractivity contribution in [2.45, 2.75) is 335 Å². The Hall–Kier alpha value is -3.33. The molecule has 0 saturated heterocycles. The van der Waals surface area contributed by atoms with Crippen molar-refractivity contribution in [3.8, 4) is 0 Å². The Morgan fingerprint density at radius 2 is 0.640 bits per heavy atom. The van der Waals surface area contributed by atoms with Gasteiger partial charge in [-0.1, -0.05) is 342 Å². The number of nitrogens with zero attached hydrogens (tertiary/aromatic N) is 1. The van der Waals surface area contributed by atoms with Crippen LogP contribution in [-0.2, 0) is 32.7 Å². The van der Waals surface area contributed by atoms with Crippen molar-refractivity contribution >= 4 is 19.8 Å². The normalized spacial score (nSPS) is 13.7. The van der Waals surface area contributed by atoms with Gasteiger partial charge < -0.3 is 18.9 Å². The summed E-state index contributed by atoms with van der Waals surface area (Å²) in [6.07, 6.45) is 97.7. The van der Waals surface area contributed by atoms with Gasteiger partial charge in [-0.05, 0) is 83.5 Å². The molecule has 0 aromatic carbocycles. The van der Waals surface area contributed by atoms with Crippen LogP contribution in [0.3, 0.4) is 0 Å². The van der Waals surface area contributed by atoms with Crippen molar-refractivity contribution in [1.29, 1.82) is 0 Å². The molecule has 0 amide bonds. The topological polar surface area (TPSA) is 108 Å². The number of phosphoric acid groups is 1. The fourth-order valence-electron chi connectivity index (χ4n) is 10.4. The molecule has 89 heavy (non-hydrogen) atoms. The zero-order valence-electron chi connectivity index (χ0n) is 58.6. The van der Waals surface area contributed by atoms with Crippen LogP contribution < -0.4 is 0 Å². The molecule has 0 saturated carbocycles. The molecule has 0 bridgehead atoms. The molecule has 0 rings (SSSR count). The van der Waals surface area contributed by atoms with E-state index in [0.717, 1.165) is 103 Å². The van der Waals surface area contributed by atoms with Crippen LogP contribution in [-0.4, -0.2) is 74.9 Å². The first-order valence-corrected chi connectivity index (χ1v) is 38.6. The third-order valence-electron chi connectivity index (χ3n) is 16.1. The number of hydrogen-bond donors (Lipinski definition) is 1. The molecule has 0 aromatic heterocycles. The minimum atomic E-state index is -4.40. The number of carbonyl (C=O) groups excluding carboxylic acids is 2. The van der Waals surface area contributed by atoms with Gasteiger partial charge in [0.1, 0.15) is 19.8 Å². The number of phosphoric ester groups is 1. The Morgan fingerprint density at radius 1 is 0.360 bits per heavy atom. The lowest BCUT2D eigenvalue weighted by atomic mass is 10.0. The highest BCUT2D eigenvalue weighted by molar-refractivity contribution is 7.47. The van der Waals surface area contributed by atoms with Crippen LogP contribution in [0.4, 0.5) is 0 Å². The second-order valence-electron chi connectivity index (χ2n) is 26.0. The summed E-state index contributed by atoms with van der Waals surface area (Å²) in [5, 5.41) is 0. The molecule has 0 aliphatic rings. The molecule has 2 unspecified atom stereocenters. The summed E-state index contributed by atoms with van der Waals surface area (Å²) >= 11 is 0. The molecule has 0 radical (unpaired) electrons. The minimum Gasteiger partial charge on any atom is -0.462 e. The average molecular weight is 1260 g/mol. The molecule has 10 heteroatoms. The zero-order chi connectivity index (χ0) is 64.8. The lowest BCUT2D eigenvalue weighted by Gasteiger charge is -2.24. The average Bonchev–Trinajstić information content (AvgIpc) is 3.60. The minimum absolute atomic E-state index is 0.0289. The quantitative estimate of drug-likeness (QED) is 0.0211. The number of likely N-dealkylation sites (N-methyl/N-ethyl adjacent to an activating group) is 1. The Morgan fingerprint density at radius 3 is 0.955 bits per heavy atom. The van der Waals surface area contributed by atoms with E-state index in [1.165, 1.54) is 193 Å². The van der Waals surface area contributed by atoms with E-state index in [9.17, 15) is 19.0 Å². The van der Waals surface area contributed by atoms with Crippen LogP contribution in [0, 0.1) is 0 Å². The van der Waals surface area contributed by atoms with Gasteiger partial charge in [-0.2, -0.15) is 0 Å². The van der Waals surface area contributed by atoms with Crippen molar-refractivity contribution in [1.82, 2.24) is 0 Å². The van der Waals surface area contributed by atoms with Gasteiger partial charge in [-0.15, -0.1) is 0 Å². The molecule has 1 N–H and O–H groups in total. The first-order chi connectivity index (χ1) is 43.5. The van der Waals surface area contributed by atoms with Gasteiger partial charge in [0.15, 0.2) is 6.10 Å². The first kappa shape index (κ1) is 85.7. The van der Waals surface area contributed by atoms with Gasteiger partial charge >= 0.3 is 19.8 Å². The number of hydrogen-bond acceptors (Lipinski definition) is 7. The van der Waals surface area contributed by atoms with Crippen molar-refractivity contribution in [2.75, 3.05) is 47.5 Å². The van der Waals surface area contributed by atoms with E-state index in [0.29, 0.717) is 17.4 Å². The number of esters is 2. The molecule has 2 atom stereocenters. The molecular weight excluding hydrogens is 1120 g/mol. The van der Waals surface area contributed by atoms with Gasteiger partial charge in [0, 0.05) is 12.8 Å². The van der Waals surface area contributed by atoms with E-state index >= 15 is 0 Å². The number of carbonyl (C=O) groups is 2. The van der Waals surface area contributed by atoms with E-state index in [-0.39, 0.29) is 32.0 Å². The summed E-state index contributed by atoms with van der Waals surface area (Å²) < 4.78 is 34.8. The lowest BCUT2D eigenvalue weighted by Crippen LogP contribution is -2.37. The van der Waals surface area contributed by atoms with E-state index in [4.69, 9.17) is 18.5 Å². The summed E-state index contributed by atoms with van der Waals surface area (Å²) in [5.41, 5.74) is 0. The highest BCUT2D eigenvalue weighted by atomic mass is 31.2. The van der Waals surface area contributed by atoms with Crippen molar-refractivity contribution < 1.29 is 42.1 Å². The Balaban J connectivity index is 4.04. The monoisotopic (exact) mass is 1260 g/mol. The van der Waals surface area contributed by atoms with Gasteiger partial charge in [0.25, 0.3) is 0 Å². The van der Waals surface area contributed by atoms with E-state index in [1.807, 2.05) is 21.1 Å². The summed E-state index contributed by atoms with van der Waals surface area (Å²) in [4.78, 5) is 35.9. The third-order valence-corrected chi connectivity index (χ3v) is 17.1. The standard InChI is InChI=1S/C79H140NO8P/c1-6-8-10-12-14-16-18-20-22-24-26-28-30-32-34-35-36-37-38-39-40-41-42-43-44-45-46-48-50-52-54-56-58-60-62-64-66-68-70-72-79(82)88-77(76-87-89(83,84)86-74-73-80(3,4)5)75-85-78(81)71-69-67-65-63-61-59-57-55-53-51-49-47-33-31-29-27-25-23-21-19-17-15-13-11-9-7-2/h8,10,14,16,20,22,26,28,32,34,36-37,39-40,42-43,45-46,77H,6-7,9,11-13,15,17-19,21,23-25,27,29-31,33,35,38,41,44,47-76H2,1-5H3/p+1/b10-8-,16-14-,22-20-,28-26-,34-32-,37-36-,40-39-,43-42-,46-45-. The number of quaternary nitrogens is 1. The molecular formula is C79H141NO8P+. The fraction of sp³-hybridized carbons (Fsp3) is 0.747. The van der Waals surface area contributed by atoms with Crippen LogP contribution in [0.15, 0.2) is 109 Å². The van der Waals surface area contributed by atoms with Crippen molar-refractivity contribution in [3.63, 3.8) is 0 Å². The maximum Gasteiger partial charge on any atom is 0.472 e. The second kappa shape index (κ2) is 69.0. The molecule has 0 aromatic rings. The fourth-order valence-corrected chi connectivity index (χ4v) is 11.2. The summed E-state index contributed by atoms with van der Waals surface area (Å²) in [6, 6.07) is 0. The summed E-state index contributed by atoms with van der Waals surface area (Å²) in [6.45, 7) is 4.36. The number of ether oxygens (including phenoxy) is 2. The van der Waals surface area contributed by atoms with E-state index in [2.05, 4.69) is 123 Å². The van der Waals surface area contributed by atoms with E-state index in [1.54, 1.807) is 0 Å². The highest BCUT2D eigenvalue weighted by Crippen LogP contribution is 2.43. The van der Waals surface area contributed by atoms with Crippen LogP contribution in [0.2, 0.25) is 0 Å². The smallest absolute Gasteiger partial charge is 0.462 e. The Kier molecular flexibility index (Phi) is 66.4. The molecule has 0 aliphatic carbocycles. The third kappa shape index (κ3) is 73.6. The van der Waals surface area contributed by atoms with Crippen LogP contribution >= 0.6 is 7.82 Å². The summed E-state index contributed by atoms with van der Waals surface area (Å²) in [5.74, 6) is -0.791. The van der Waals surface area contributed by atoms with Gasteiger partial charge in [0.2, 0.25) is 0 Å². The first-order valence-electron chi connectivity index (χ1n) is 37.1. The maximum atomic E-state index is 12.9. The number of rotatable bonds is 68. The molecule has 514 valence electrons. The largest absolute Gasteiger partial charge is 0.472 e. The van der Waals surface area contributed by atoms with Crippen LogP contribution in [0.1, 0.15) is 328 Å². The Labute approximate surface area is 550 Å². The predicted octanol–water partition coefficient (Wildman–Crippen LogP) is 24.4. The zero-order valence-corrected chi connectivity index (χ0v) is 59.5. The number of allylic oxidation sites excluding steroid dienone is 18. The van der Waals surface area contributed by atoms with Crippen LogP contribution in [0.25, 0.3) is 0 Å². The van der Waals surface area contributed by atoms with Gasteiger partial charge in [0.05, 0.1) is 27.7 Å². The number of unbranched alkanes of at least 4 members (excludes halogenated alkanes) is 36. The molecule has 0 aliphatic heterocycles. The SMILES string of the molecule is CC/C=C\C/C=C\C/C=C\C/C=C\C/C=C\C/C=C\C/C=C\C/C=C\C/C=C\CCCCCCCCCCCCCC(=O)OC(COC(=O)CCCCCCCCCCCCCCCCCCCCCCCCCCCC)COP(=O)(O)OCC[N+](C)(C)C. The highest BCUT2D eigenvalue weighted by Gasteiger charge is 2.27. The lowest BCUT2D eigenvalue weighted by molar-refractivity contribution is -0.870. The summed E-state index contributed by atoms with van der Waals surface area (Å²) in [7, 11) is 1.48. The van der Waals surface area contributed by atoms with Gasteiger partial charge in [-0.3, -0.25) is 18.6 Å². The second-order valence-corrected chi connectivity index (χ2v) is 27.4. The molecule has 0 spiro atoms. The molecule has 0 heterocycles. The maximum absolute atomic E-state index is 12.9. The van der Waals surface area contributed by atoms with Crippen molar-refractivity contribution in [2.24, 2.45) is 0 Å². The molecule has 9 nitrogen and oxygen atoms in total. The molecule has 0 fully saturated rings. The van der Waals surface area contributed by atoms with Crippen LogP contribution in [0.5, 0.6) is 0 Å². The predicted molar refractivity (Wildman–Crippen MR) is 385 cm³/mol. The Bertz CT molecular complexity index is 1870. The van der Waals surface area contributed by atoms with E-state index < -0.39 is 26.5 Å². The van der Waals surface area contributed by atoms with Crippen molar-refractivity contribution in [3.05, 3.63) is 109 Å².